The molecule has 0 saturated carbocycles. The Balaban J connectivity index is 1.46. The molecule has 7 nitrogen and oxygen atoms in total. The van der Waals surface area contributed by atoms with Crippen molar-refractivity contribution in [3.8, 4) is 11.1 Å². The highest BCUT2D eigenvalue weighted by atomic mass is 19.4. The van der Waals surface area contributed by atoms with Gasteiger partial charge in [0, 0.05) is 56.0 Å². The second kappa shape index (κ2) is 9.64. The number of nitrogens with one attached hydrogen (secondary N) is 1. The molecule has 13 heteroatoms. The van der Waals surface area contributed by atoms with E-state index in [1.165, 1.54) is 4.90 Å². The third-order valence-corrected chi connectivity index (χ3v) is 5.31. The second-order valence-corrected chi connectivity index (χ2v) is 8.13. The minimum Gasteiger partial charge on any atom is -0.338 e. The van der Waals surface area contributed by atoms with E-state index in [0.29, 0.717) is 30.3 Å². The predicted molar refractivity (Wildman–Crippen MR) is 117 cm³/mol. The predicted octanol–water partition coefficient (Wildman–Crippen LogP) is 4.69. The molecular weight excluding hydrogens is 476 g/mol. The lowest BCUT2D eigenvalue weighted by Gasteiger charge is -2.34. The smallest absolute Gasteiger partial charge is 0.338 e. The van der Waals surface area contributed by atoms with Gasteiger partial charge in [-0.25, -0.2) is 19.9 Å². The van der Waals surface area contributed by atoms with E-state index in [1.807, 2.05) is 17.9 Å². The number of hydrogen-bond donors (Lipinski definition) is 1. The third-order valence-electron chi connectivity index (χ3n) is 5.31. The molecule has 0 aliphatic carbocycles. The lowest BCUT2D eigenvalue weighted by molar-refractivity contribution is -0.146. The van der Waals surface area contributed by atoms with E-state index in [9.17, 15) is 26.3 Å². The van der Waals surface area contributed by atoms with Crippen LogP contribution in [0.15, 0.2) is 42.9 Å². The van der Waals surface area contributed by atoms with Crippen molar-refractivity contribution >= 4 is 17.6 Å². The van der Waals surface area contributed by atoms with Gasteiger partial charge < -0.3 is 10.2 Å². The Morgan fingerprint density at radius 3 is 2.20 bits per heavy atom. The number of nitrogens with zero attached hydrogens (tertiary/aromatic N) is 6. The average Bonchev–Trinajstić information content (AvgIpc) is 2.78. The first-order chi connectivity index (χ1) is 16.5. The molecule has 0 spiro atoms. The first kappa shape index (κ1) is 24.6. The summed E-state index contributed by atoms with van der Waals surface area (Å²) in [4.78, 5) is 19.3. The summed E-state index contributed by atoms with van der Waals surface area (Å²) in [6, 6.07) is 6.11. The molecule has 35 heavy (non-hydrogen) atoms. The molecule has 0 radical (unpaired) electrons. The number of rotatable bonds is 5. The molecule has 186 valence electrons. The highest BCUT2D eigenvalue weighted by Gasteiger charge is 2.33. The standard InChI is InChI=1S/C22H21F6N7/c1-14-8-15(10-17(9-14)32-19-29-3-2-18(33-19)22(26,27)28)16-11-30-20(31-12-16)35-6-4-34(5-7-35)13-21(23,24)25/h2-3,8-12H,4-7,13H2,1H3,(H,29,32,33). The Hall–Kier alpha value is -3.48. The fourth-order valence-electron chi connectivity index (χ4n) is 3.72. The minimum absolute atomic E-state index is 0.187. The fourth-order valence-corrected chi connectivity index (χ4v) is 3.72. The number of anilines is 3. The van der Waals surface area contributed by atoms with Gasteiger partial charge in [0.25, 0.3) is 0 Å². The van der Waals surface area contributed by atoms with Crippen LogP contribution >= 0.6 is 0 Å². The Kier molecular flexibility index (Phi) is 6.79. The van der Waals surface area contributed by atoms with Crippen molar-refractivity contribution in [1.82, 2.24) is 24.8 Å². The Morgan fingerprint density at radius 1 is 0.886 bits per heavy atom. The maximum absolute atomic E-state index is 12.9. The molecular formula is C22H21F6N7. The van der Waals surface area contributed by atoms with Crippen molar-refractivity contribution in [3.63, 3.8) is 0 Å². The summed E-state index contributed by atoms with van der Waals surface area (Å²) < 4.78 is 76.5. The largest absolute Gasteiger partial charge is 0.433 e. The van der Waals surface area contributed by atoms with Gasteiger partial charge in [-0.15, -0.1) is 0 Å². The Bertz CT molecular complexity index is 1160. The highest BCUT2D eigenvalue weighted by Crippen LogP contribution is 2.29. The van der Waals surface area contributed by atoms with E-state index in [2.05, 4.69) is 25.3 Å². The molecule has 1 saturated heterocycles. The Morgan fingerprint density at radius 2 is 1.57 bits per heavy atom. The van der Waals surface area contributed by atoms with Crippen molar-refractivity contribution < 1.29 is 26.3 Å². The zero-order valence-corrected chi connectivity index (χ0v) is 18.5. The zero-order chi connectivity index (χ0) is 25.2. The van der Waals surface area contributed by atoms with Crippen LogP contribution in [0.5, 0.6) is 0 Å². The summed E-state index contributed by atoms with van der Waals surface area (Å²) in [5.41, 5.74) is 1.67. The second-order valence-electron chi connectivity index (χ2n) is 8.13. The van der Waals surface area contributed by atoms with E-state index in [0.717, 1.165) is 23.4 Å². The van der Waals surface area contributed by atoms with E-state index >= 15 is 0 Å². The normalized spacial score (nSPS) is 15.3. The first-order valence-electron chi connectivity index (χ1n) is 10.6. The van der Waals surface area contributed by atoms with E-state index in [-0.39, 0.29) is 19.0 Å². The number of aromatic nitrogens is 4. The summed E-state index contributed by atoms with van der Waals surface area (Å²) in [6.45, 7) is 2.17. The molecule has 0 bridgehead atoms. The van der Waals surface area contributed by atoms with Gasteiger partial charge in [0.05, 0.1) is 6.54 Å². The molecule has 3 heterocycles. The molecule has 1 aliphatic rings. The third kappa shape index (κ3) is 6.56. The molecule has 2 aromatic heterocycles. The van der Waals surface area contributed by atoms with Crippen LogP contribution in [0, 0.1) is 6.92 Å². The minimum atomic E-state index is -4.58. The molecule has 3 aromatic rings. The summed E-state index contributed by atoms with van der Waals surface area (Å²) in [5.74, 6) is 0.233. The molecule has 0 atom stereocenters. The number of alkyl halides is 6. The van der Waals surface area contributed by atoms with Gasteiger partial charge in [-0.1, -0.05) is 6.07 Å². The van der Waals surface area contributed by atoms with Crippen LogP contribution in [0.4, 0.5) is 43.9 Å². The lowest BCUT2D eigenvalue weighted by Crippen LogP contribution is -2.49. The molecule has 0 amide bonds. The molecule has 1 N–H and O–H groups in total. The zero-order valence-electron chi connectivity index (χ0n) is 18.5. The number of hydrogen-bond acceptors (Lipinski definition) is 7. The first-order valence-corrected chi connectivity index (χ1v) is 10.6. The quantitative estimate of drug-likeness (QED) is 0.513. The van der Waals surface area contributed by atoms with Gasteiger partial charge in [0.1, 0.15) is 5.69 Å². The monoisotopic (exact) mass is 497 g/mol. The van der Waals surface area contributed by atoms with Crippen molar-refractivity contribution in [1.29, 1.82) is 0 Å². The van der Waals surface area contributed by atoms with Gasteiger partial charge >= 0.3 is 12.4 Å². The van der Waals surface area contributed by atoms with Gasteiger partial charge in [-0.05, 0) is 36.2 Å². The number of benzene rings is 1. The fraction of sp³-hybridized carbons (Fsp3) is 0.364. The highest BCUT2D eigenvalue weighted by molar-refractivity contribution is 5.70. The van der Waals surface area contributed by atoms with Crippen LogP contribution in [0.25, 0.3) is 11.1 Å². The molecule has 0 unspecified atom stereocenters. The van der Waals surface area contributed by atoms with Gasteiger partial charge in [0.2, 0.25) is 11.9 Å². The van der Waals surface area contributed by atoms with E-state index in [4.69, 9.17) is 0 Å². The topological polar surface area (TPSA) is 70.1 Å². The maximum Gasteiger partial charge on any atom is 0.433 e. The van der Waals surface area contributed by atoms with Crippen LogP contribution < -0.4 is 10.2 Å². The summed E-state index contributed by atoms with van der Waals surface area (Å²) in [7, 11) is 0. The number of piperazine rings is 1. The van der Waals surface area contributed by atoms with Gasteiger partial charge in [-0.3, -0.25) is 4.90 Å². The SMILES string of the molecule is Cc1cc(Nc2nccc(C(F)(F)F)n2)cc(-c2cnc(N3CCN(CC(F)(F)F)CC3)nc2)c1. The van der Waals surface area contributed by atoms with Crippen LogP contribution in [0.1, 0.15) is 11.3 Å². The summed E-state index contributed by atoms with van der Waals surface area (Å²) in [5, 5.41) is 2.79. The Labute approximate surface area is 196 Å². The van der Waals surface area contributed by atoms with Crippen LogP contribution in [-0.2, 0) is 6.18 Å². The van der Waals surface area contributed by atoms with Crippen molar-refractivity contribution in [2.45, 2.75) is 19.3 Å². The van der Waals surface area contributed by atoms with E-state index in [1.54, 1.807) is 24.5 Å². The molecule has 1 aromatic carbocycles. The van der Waals surface area contributed by atoms with Crippen LogP contribution in [-0.4, -0.2) is 63.7 Å². The van der Waals surface area contributed by atoms with Gasteiger partial charge in [-0.2, -0.15) is 26.3 Å². The van der Waals surface area contributed by atoms with Crippen LogP contribution in [0.3, 0.4) is 0 Å². The van der Waals surface area contributed by atoms with Crippen molar-refractivity contribution in [3.05, 3.63) is 54.1 Å². The summed E-state index contributed by atoms with van der Waals surface area (Å²) in [6.07, 6.45) is -4.58. The number of aryl methyl sites for hydroxylation is 1. The van der Waals surface area contributed by atoms with Crippen LogP contribution in [0.2, 0.25) is 0 Å². The molecule has 1 fully saturated rings. The summed E-state index contributed by atoms with van der Waals surface area (Å²) >= 11 is 0. The number of halogens is 6. The molecule has 4 rings (SSSR count). The molecule has 1 aliphatic heterocycles. The van der Waals surface area contributed by atoms with E-state index < -0.39 is 24.6 Å². The average molecular weight is 497 g/mol. The maximum atomic E-state index is 12.9. The van der Waals surface area contributed by atoms with Crippen molar-refractivity contribution in [2.24, 2.45) is 0 Å². The van der Waals surface area contributed by atoms with Crippen molar-refractivity contribution in [2.75, 3.05) is 42.9 Å². The van der Waals surface area contributed by atoms with Gasteiger partial charge in [0.15, 0.2) is 0 Å². The lowest BCUT2D eigenvalue weighted by atomic mass is 10.1.